The third-order valence-corrected chi connectivity index (χ3v) is 3.57. The molecule has 0 aliphatic carbocycles. The fraction of sp³-hybridized carbons (Fsp3) is 0.286. The van der Waals surface area contributed by atoms with Crippen molar-refractivity contribution in [3.05, 3.63) is 30.1 Å². The summed E-state index contributed by atoms with van der Waals surface area (Å²) in [6.45, 7) is 2.06. The monoisotopic (exact) mass is 369 g/mol. The fourth-order valence-electron chi connectivity index (χ4n) is 1.64. The smallest absolute Gasteiger partial charge is 0.331 e. The van der Waals surface area contributed by atoms with Crippen LogP contribution in [-0.4, -0.2) is 40.6 Å². The molecule has 10 heteroatoms. The van der Waals surface area contributed by atoms with E-state index in [0.717, 1.165) is 16.8 Å². The molecule has 0 saturated carbocycles. The molecule has 0 atom stereocenters. The highest BCUT2D eigenvalue weighted by Crippen LogP contribution is 2.27. The first-order valence-electron chi connectivity index (χ1n) is 6.90. The van der Waals surface area contributed by atoms with E-state index in [0.29, 0.717) is 24.1 Å². The van der Waals surface area contributed by atoms with Crippen molar-refractivity contribution in [3.63, 3.8) is 0 Å². The van der Waals surface area contributed by atoms with Gasteiger partial charge in [0.05, 0.1) is 17.9 Å². The molecule has 128 valence electrons. The summed E-state index contributed by atoms with van der Waals surface area (Å²) in [5.74, 6) is 1.56. The molecule has 1 aromatic heterocycles. The van der Waals surface area contributed by atoms with Gasteiger partial charge in [0, 0.05) is 0 Å². The second kappa shape index (κ2) is 9.14. The van der Waals surface area contributed by atoms with Crippen LogP contribution in [0.3, 0.4) is 0 Å². The number of halogens is 1. The highest BCUT2D eigenvalue weighted by molar-refractivity contribution is 7.98. The summed E-state index contributed by atoms with van der Waals surface area (Å²) in [4.78, 5) is 24.6. The third kappa shape index (κ3) is 5.43. The standard InChI is InChI=1S/C14H16ClN5O3S/c1-9-16-12(19-14(17-9)22-2)18-13(21)20-24-11-6-4-3-5-10(11)23-8-7-15/h3-6H,7-8H2,1-2H3,(H2,16,17,18,19,20,21). The van der Waals surface area contributed by atoms with E-state index in [1.807, 2.05) is 18.2 Å². The van der Waals surface area contributed by atoms with E-state index in [1.54, 1.807) is 13.0 Å². The summed E-state index contributed by atoms with van der Waals surface area (Å²) in [6.07, 6.45) is 0. The van der Waals surface area contributed by atoms with Crippen LogP contribution in [-0.2, 0) is 0 Å². The van der Waals surface area contributed by atoms with E-state index in [-0.39, 0.29) is 12.0 Å². The summed E-state index contributed by atoms with van der Waals surface area (Å²) in [6, 6.07) is 6.95. The Morgan fingerprint density at radius 2 is 2.08 bits per heavy atom. The van der Waals surface area contributed by atoms with Crippen molar-refractivity contribution in [1.82, 2.24) is 19.7 Å². The Morgan fingerprint density at radius 3 is 2.83 bits per heavy atom. The number of para-hydroxylation sites is 1. The minimum atomic E-state index is -0.486. The number of hydrogen-bond acceptors (Lipinski definition) is 7. The number of carbonyl (C=O) groups is 1. The van der Waals surface area contributed by atoms with Crippen LogP contribution >= 0.6 is 23.5 Å². The fourth-order valence-corrected chi connectivity index (χ4v) is 2.34. The van der Waals surface area contributed by atoms with Crippen molar-refractivity contribution in [2.24, 2.45) is 0 Å². The van der Waals surface area contributed by atoms with Crippen molar-refractivity contribution >= 4 is 35.5 Å². The maximum absolute atomic E-state index is 12.0. The number of alkyl halides is 1. The minimum absolute atomic E-state index is 0.101. The van der Waals surface area contributed by atoms with E-state index in [4.69, 9.17) is 21.1 Å². The highest BCUT2D eigenvalue weighted by atomic mass is 35.5. The number of hydrogen-bond donors (Lipinski definition) is 2. The number of amides is 2. The van der Waals surface area contributed by atoms with Crippen molar-refractivity contribution in [3.8, 4) is 11.8 Å². The van der Waals surface area contributed by atoms with Crippen molar-refractivity contribution in [2.45, 2.75) is 11.8 Å². The van der Waals surface area contributed by atoms with Gasteiger partial charge in [-0.3, -0.25) is 10.0 Å². The Balaban J connectivity index is 1.95. The van der Waals surface area contributed by atoms with Crippen molar-refractivity contribution in [2.75, 3.05) is 24.9 Å². The molecule has 0 spiro atoms. The molecular formula is C14H16ClN5O3S. The minimum Gasteiger partial charge on any atom is -0.491 e. The average Bonchev–Trinajstić information content (AvgIpc) is 2.58. The van der Waals surface area contributed by atoms with Gasteiger partial charge in [0.25, 0.3) is 0 Å². The quantitative estimate of drug-likeness (QED) is 0.571. The maximum atomic E-state index is 12.0. The number of methoxy groups -OCH3 is 1. The second-order valence-electron chi connectivity index (χ2n) is 4.34. The molecule has 2 aromatic rings. The van der Waals surface area contributed by atoms with Gasteiger partial charge in [-0.05, 0) is 31.0 Å². The Morgan fingerprint density at radius 1 is 1.29 bits per heavy atom. The zero-order chi connectivity index (χ0) is 17.4. The van der Waals surface area contributed by atoms with E-state index < -0.39 is 6.03 Å². The lowest BCUT2D eigenvalue weighted by molar-refractivity contribution is 0.257. The number of anilines is 1. The first-order chi connectivity index (χ1) is 11.6. The number of urea groups is 1. The Kier molecular flexibility index (Phi) is 6.89. The summed E-state index contributed by atoms with van der Waals surface area (Å²) in [7, 11) is 1.44. The first kappa shape index (κ1) is 18.1. The van der Waals surface area contributed by atoms with Gasteiger partial charge in [-0.1, -0.05) is 12.1 Å². The second-order valence-corrected chi connectivity index (χ2v) is 5.56. The highest BCUT2D eigenvalue weighted by Gasteiger charge is 2.10. The van der Waals surface area contributed by atoms with Crippen LogP contribution in [0.5, 0.6) is 11.8 Å². The predicted octanol–water partition coefficient (Wildman–Crippen LogP) is 2.64. The van der Waals surface area contributed by atoms with Crippen LogP contribution in [0.2, 0.25) is 0 Å². The van der Waals surface area contributed by atoms with Crippen LogP contribution in [0.1, 0.15) is 5.82 Å². The zero-order valence-electron chi connectivity index (χ0n) is 13.1. The van der Waals surface area contributed by atoms with Crippen molar-refractivity contribution < 1.29 is 14.3 Å². The van der Waals surface area contributed by atoms with Gasteiger partial charge in [0.2, 0.25) is 5.95 Å². The maximum Gasteiger partial charge on any atom is 0.331 e. The summed E-state index contributed by atoms with van der Waals surface area (Å²) < 4.78 is 13.1. The molecule has 0 aliphatic rings. The van der Waals surface area contributed by atoms with Crippen LogP contribution in [0.25, 0.3) is 0 Å². The molecule has 8 nitrogen and oxygen atoms in total. The molecule has 2 rings (SSSR count). The van der Waals surface area contributed by atoms with Gasteiger partial charge in [-0.15, -0.1) is 11.6 Å². The molecule has 1 heterocycles. The molecule has 2 amide bonds. The van der Waals surface area contributed by atoms with Gasteiger partial charge in [0.15, 0.2) is 0 Å². The Labute approximate surface area is 148 Å². The predicted molar refractivity (Wildman–Crippen MR) is 91.8 cm³/mol. The molecule has 0 saturated heterocycles. The van der Waals surface area contributed by atoms with Gasteiger partial charge >= 0.3 is 12.0 Å². The number of rotatable bonds is 7. The zero-order valence-corrected chi connectivity index (χ0v) is 14.6. The molecule has 24 heavy (non-hydrogen) atoms. The van der Waals surface area contributed by atoms with Crippen LogP contribution in [0.15, 0.2) is 29.2 Å². The molecule has 0 bridgehead atoms. The molecular weight excluding hydrogens is 354 g/mol. The SMILES string of the molecule is COc1nc(C)nc(NC(=O)NSc2ccccc2OCCCl)n1. The Hall–Kier alpha value is -2.26. The molecule has 0 radical (unpaired) electrons. The van der Waals surface area contributed by atoms with E-state index in [2.05, 4.69) is 25.0 Å². The lowest BCUT2D eigenvalue weighted by Crippen LogP contribution is -2.24. The number of aryl methyl sites for hydroxylation is 1. The summed E-state index contributed by atoms with van der Waals surface area (Å²) >= 11 is 6.72. The van der Waals surface area contributed by atoms with Crippen molar-refractivity contribution in [1.29, 1.82) is 0 Å². The molecule has 0 unspecified atom stereocenters. The average molecular weight is 370 g/mol. The van der Waals surface area contributed by atoms with Gasteiger partial charge < -0.3 is 9.47 Å². The lowest BCUT2D eigenvalue weighted by Gasteiger charge is -2.11. The number of carbonyl (C=O) groups excluding carboxylic acids is 1. The molecule has 1 aromatic carbocycles. The largest absolute Gasteiger partial charge is 0.491 e. The van der Waals surface area contributed by atoms with E-state index >= 15 is 0 Å². The molecule has 2 N–H and O–H groups in total. The van der Waals surface area contributed by atoms with E-state index in [1.165, 1.54) is 7.11 Å². The number of nitrogens with one attached hydrogen (secondary N) is 2. The summed E-state index contributed by atoms with van der Waals surface area (Å²) in [5, 5.41) is 2.52. The van der Waals surface area contributed by atoms with Crippen LogP contribution in [0, 0.1) is 6.92 Å². The van der Waals surface area contributed by atoms with Gasteiger partial charge in [0.1, 0.15) is 18.2 Å². The summed E-state index contributed by atoms with van der Waals surface area (Å²) in [5.41, 5.74) is 0. The lowest BCUT2D eigenvalue weighted by atomic mass is 10.3. The normalized spacial score (nSPS) is 10.1. The number of ether oxygens (including phenoxy) is 2. The van der Waals surface area contributed by atoms with E-state index in [9.17, 15) is 4.79 Å². The Bertz CT molecular complexity index is 704. The topological polar surface area (TPSA) is 98.3 Å². The number of nitrogens with zero attached hydrogens (tertiary/aromatic N) is 3. The molecule has 0 aliphatic heterocycles. The number of benzene rings is 1. The molecule has 0 fully saturated rings. The first-order valence-corrected chi connectivity index (χ1v) is 8.25. The van der Waals surface area contributed by atoms with Gasteiger partial charge in [-0.25, -0.2) is 4.79 Å². The van der Waals surface area contributed by atoms with Gasteiger partial charge in [-0.2, -0.15) is 15.0 Å². The third-order valence-electron chi connectivity index (χ3n) is 2.57. The van der Waals surface area contributed by atoms with Crippen LogP contribution in [0.4, 0.5) is 10.7 Å². The number of aromatic nitrogens is 3. The van der Waals surface area contributed by atoms with Crippen LogP contribution < -0.4 is 19.5 Å².